The minimum Gasteiger partial charge on any atom is -0.362 e. The zero-order valence-corrected chi connectivity index (χ0v) is 15.6. The van der Waals surface area contributed by atoms with Crippen molar-refractivity contribution in [2.75, 3.05) is 5.32 Å². The summed E-state index contributed by atoms with van der Waals surface area (Å²) in [6.45, 7) is 1.86. The standard InChI is InChI=1S/C23H21FN2O2/c1-14-20(23(28)26-17-12-10-16(24)11-13-17)21(15-6-3-2-4-7-15)22-18(25-14)8-5-9-19(22)27/h2-4,6-7,10-13,21,25H,5,8-9H2,1H3,(H,26,28). The summed E-state index contributed by atoms with van der Waals surface area (Å²) in [6.07, 6.45) is 2.11. The van der Waals surface area contributed by atoms with E-state index in [1.165, 1.54) is 24.3 Å². The first kappa shape index (κ1) is 18.2. The third-order valence-electron chi connectivity index (χ3n) is 5.26. The van der Waals surface area contributed by atoms with Crippen molar-refractivity contribution in [3.05, 3.63) is 88.5 Å². The van der Waals surface area contributed by atoms with E-state index in [1.54, 1.807) is 0 Å². The van der Waals surface area contributed by atoms with E-state index in [-0.39, 0.29) is 17.5 Å². The van der Waals surface area contributed by atoms with Gasteiger partial charge in [0.05, 0.1) is 0 Å². The summed E-state index contributed by atoms with van der Waals surface area (Å²) in [5.41, 5.74) is 4.28. The molecule has 1 aliphatic carbocycles. The van der Waals surface area contributed by atoms with Gasteiger partial charge in [-0.1, -0.05) is 30.3 Å². The molecule has 2 aromatic rings. The van der Waals surface area contributed by atoms with Crippen molar-refractivity contribution < 1.29 is 14.0 Å². The van der Waals surface area contributed by atoms with Gasteiger partial charge in [-0.25, -0.2) is 4.39 Å². The first-order chi connectivity index (χ1) is 13.5. The van der Waals surface area contributed by atoms with Crippen LogP contribution in [0.1, 0.15) is 37.7 Å². The molecule has 0 radical (unpaired) electrons. The Morgan fingerprint density at radius 1 is 1.07 bits per heavy atom. The maximum Gasteiger partial charge on any atom is 0.254 e. The van der Waals surface area contributed by atoms with Gasteiger partial charge < -0.3 is 10.6 Å². The third-order valence-corrected chi connectivity index (χ3v) is 5.26. The molecule has 1 unspecified atom stereocenters. The molecule has 5 heteroatoms. The number of hydrogen-bond donors (Lipinski definition) is 2. The van der Waals surface area contributed by atoms with Gasteiger partial charge in [0.1, 0.15) is 5.82 Å². The lowest BCUT2D eigenvalue weighted by Crippen LogP contribution is -2.35. The van der Waals surface area contributed by atoms with Crippen LogP contribution in [0.4, 0.5) is 10.1 Å². The van der Waals surface area contributed by atoms with Crippen LogP contribution in [0.25, 0.3) is 0 Å². The second kappa shape index (κ2) is 7.43. The SMILES string of the molecule is CC1=C(C(=O)Nc2ccc(F)cc2)C(c2ccccc2)C2=C(CCCC2=O)N1. The number of anilines is 1. The fraction of sp³-hybridized carbons (Fsp3) is 0.217. The topological polar surface area (TPSA) is 58.2 Å². The Bertz CT molecular complexity index is 991. The Hall–Kier alpha value is -3.21. The first-order valence-electron chi connectivity index (χ1n) is 9.40. The van der Waals surface area contributed by atoms with Gasteiger partial charge in [-0.2, -0.15) is 0 Å². The molecule has 4 rings (SSSR count). The van der Waals surface area contributed by atoms with Crippen LogP contribution in [-0.4, -0.2) is 11.7 Å². The van der Waals surface area contributed by atoms with Crippen LogP contribution in [-0.2, 0) is 9.59 Å². The Morgan fingerprint density at radius 3 is 2.50 bits per heavy atom. The number of halogens is 1. The van der Waals surface area contributed by atoms with Crippen LogP contribution < -0.4 is 10.6 Å². The molecule has 0 bridgehead atoms. The van der Waals surface area contributed by atoms with Crippen molar-refractivity contribution in [1.29, 1.82) is 0 Å². The van der Waals surface area contributed by atoms with Crippen LogP contribution >= 0.6 is 0 Å². The predicted molar refractivity (Wildman–Crippen MR) is 106 cm³/mol. The van der Waals surface area contributed by atoms with E-state index in [9.17, 15) is 14.0 Å². The monoisotopic (exact) mass is 376 g/mol. The van der Waals surface area contributed by atoms with Crippen molar-refractivity contribution in [3.8, 4) is 0 Å². The molecule has 0 aromatic heterocycles. The molecular formula is C23H21FN2O2. The Morgan fingerprint density at radius 2 is 1.79 bits per heavy atom. The number of nitrogens with one attached hydrogen (secondary N) is 2. The summed E-state index contributed by atoms with van der Waals surface area (Å²) in [7, 11) is 0. The summed E-state index contributed by atoms with van der Waals surface area (Å²) < 4.78 is 13.2. The molecule has 0 spiro atoms. The van der Waals surface area contributed by atoms with E-state index in [1.807, 2.05) is 37.3 Å². The van der Waals surface area contributed by atoms with Crippen LogP contribution in [0, 0.1) is 5.82 Å². The van der Waals surface area contributed by atoms with E-state index in [0.29, 0.717) is 23.3 Å². The molecule has 1 atom stereocenters. The van der Waals surface area contributed by atoms with Crippen molar-refractivity contribution in [1.82, 2.24) is 5.32 Å². The van der Waals surface area contributed by atoms with E-state index >= 15 is 0 Å². The lowest BCUT2D eigenvalue weighted by atomic mass is 9.75. The Balaban J connectivity index is 1.76. The van der Waals surface area contributed by atoms with Crippen LogP contribution in [0.3, 0.4) is 0 Å². The quantitative estimate of drug-likeness (QED) is 0.833. The third kappa shape index (κ3) is 3.36. The smallest absolute Gasteiger partial charge is 0.254 e. The van der Waals surface area contributed by atoms with Crippen molar-refractivity contribution in [2.24, 2.45) is 0 Å². The molecule has 1 aliphatic heterocycles. The number of ketones is 1. The number of Topliss-reactive ketones (excluding diaryl/α,β-unsaturated/α-hetero) is 1. The van der Waals surface area contributed by atoms with Gasteiger partial charge in [0.2, 0.25) is 0 Å². The molecule has 0 saturated heterocycles. The minimum absolute atomic E-state index is 0.0854. The van der Waals surface area contributed by atoms with Gasteiger partial charge in [-0.05, 0) is 49.6 Å². The average Bonchev–Trinajstić information content (AvgIpc) is 2.69. The molecule has 2 aliphatic rings. The highest BCUT2D eigenvalue weighted by Crippen LogP contribution is 2.42. The summed E-state index contributed by atoms with van der Waals surface area (Å²) in [6, 6.07) is 15.3. The summed E-state index contributed by atoms with van der Waals surface area (Å²) in [5, 5.41) is 6.13. The largest absolute Gasteiger partial charge is 0.362 e. The van der Waals surface area contributed by atoms with E-state index < -0.39 is 5.92 Å². The molecule has 1 amide bonds. The molecular weight excluding hydrogens is 355 g/mol. The highest BCUT2D eigenvalue weighted by atomic mass is 19.1. The summed E-state index contributed by atoms with van der Waals surface area (Å²) in [5.74, 6) is -0.985. The number of allylic oxidation sites excluding steroid dienone is 3. The molecule has 1 heterocycles. The number of carbonyl (C=O) groups excluding carboxylic acids is 2. The molecule has 2 N–H and O–H groups in total. The number of hydrogen-bond acceptors (Lipinski definition) is 3. The van der Waals surface area contributed by atoms with Crippen molar-refractivity contribution in [2.45, 2.75) is 32.1 Å². The van der Waals surface area contributed by atoms with E-state index in [2.05, 4.69) is 10.6 Å². The number of benzene rings is 2. The first-order valence-corrected chi connectivity index (χ1v) is 9.40. The number of amides is 1. The lowest BCUT2D eigenvalue weighted by Gasteiger charge is -2.34. The van der Waals surface area contributed by atoms with E-state index in [4.69, 9.17) is 0 Å². The zero-order chi connectivity index (χ0) is 19.7. The molecule has 0 fully saturated rings. The highest BCUT2D eigenvalue weighted by molar-refractivity contribution is 6.09. The average molecular weight is 376 g/mol. The van der Waals surface area contributed by atoms with Gasteiger partial charge in [0.25, 0.3) is 5.91 Å². The fourth-order valence-corrected chi connectivity index (χ4v) is 3.99. The van der Waals surface area contributed by atoms with Crippen molar-refractivity contribution >= 4 is 17.4 Å². The van der Waals surface area contributed by atoms with Crippen LogP contribution in [0.15, 0.2) is 77.1 Å². The molecule has 0 saturated carbocycles. The molecule has 28 heavy (non-hydrogen) atoms. The molecule has 142 valence electrons. The van der Waals surface area contributed by atoms with Gasteiger partial charge in [-0.3, -0.25) is 9.59 Å². The minimum atomic E-state index is -0.411. The summed E-state index contributed by atoms with van der Waals surface area (Å²) in [4.78, 5) is 26.0. The predicted octanol–water partition coefficient (Wildman–Crippen LogP) is 4.43. The fourth-order valence-electron chi connectivity index (χ4n) is 3.99. The van der Waals surface area contributed by atoms with Gasteiger partial charge in [0, 0.05) is 40.6 Å². The van der Waals surface area contributed by atoms with Gasteiger partial charge in [0.15, 0.2) is 5.78 Å². The highest BCUT2D eigenvalue weighted by Gasteiger charge is 2.38. The van der Waals surface area contributed by atoms with Gasteiger partial charge >= 0.3 is 0 Å². The summed E-state index contributed by atoms with van der Waals surface area (Å²) >= 11 is 0. The Kier molecular flexibility index (Phi) is 4.82. The lowest BCUT2D eigenvalue weighted by molar-refractivity contribution is -0.116. The maximum atomic E-state index is 13.2. The van der Waals surface area contributed by atoms with Crippen LogP contribution in [0.5, 0.6) is 0 Å². The number of carbonyl (C=O) groups is 2. The van der Waals surface area contributed by atoms with E-state index in [0.717, 1.165) is 29.8 Å². The number of dihydropyridines is 1. The Labute approximate surface area is 163 Å². The number of rotatable bonds is 3. The molecule has 4 nitrogen and oxygen atoms in total. The normalized spacial score (nSPS) is 19.2. The van der Waals surface area contributed by atoms with Gasteiger partial charge in [-0.15, -0.1) is 0 Å². The maximum absolute atomic E-state index is 13.2. The van der Waals surface area contributed by atoms with Crippen molar-refractivity contribution in [3.63, 3.8) is 0 Å². The second-order valence-corrected chi connectivity index (χ2v) is 7.14. The zero-order valence-electron chi connectivity index (χ0n) is 15.6. The van der Waals surface area contributed by atoms with Crippen LogP contribution in [0.2, 0.25) is 0 Å². The molecule has 2 aromatic carbocycles. The second-order valence-electron chi connectivity index (χ2n) is 7.14.